The van der Waals surface area contributed by atoms with Gasteiger partial charge in [0.05, 0.1) is 0 Å². The van der Waals surface area contributed by atoms with Crippen LogP contribution >= 0.6 is 0 Å². The SMILES string of the molecule is CC1C/C(=C\c2ccc(N)cc2)C(=O)/C(=C/c2ccc(N)cc2)C1.CCC.CCC.[N-]=[N+]=Nc1ccc(/C=C2\CCC/C(=C\c3ccc(N=[N+]=[N-])cc3)C2=O)cc1. The Hall–Kier alpha value is -6.60. The minimum atomic E-state index is 0.0551. The highest BCUT2D eigenvalue weighted by atomic mass is 16.1. The first-order chi connectivity index (χ1) is 27.5. The van der Waals surface area contributed by atoms with E-state index in [0.717, 1.165) is 88.0 Å². The normalized spacial score (nSPS) is 17.5. The van der Waals surface area contributed by atoms with Crippen LogP contribution in [-0.4, -0.2) is 11.6 Å². The van der Waals surface area contributed by atoms with E-state index < -0.39 is 0 Å². The molecule has 0 bridgehead atoms. The number of carbonyl (C=O) groups excluding carboxylic acids is 2. The molecular weight excluding hydrogens is 709 g/mol. The number of azide groups is 2. The molecule has 0 aromatic heterocycles. The molecule has 2 saturated carbocycles. The number of nitrogens with zero attached hydrogens (tertiary/aromatic N) is 6. The number of anilines is 2. The summed E-state index contributed by atoms with van der Waals surface area (Å²) >= 11 is 0. The van der Waals surface area contributed by atoms with Crippen molar-refractivity contribution < 1.29 is 9.59 Å². The van der Waals surface area contributed by atoms with E-state index in [2.05, 4.69) is 54.7 Å². The monoisotopic (exact) mass is 762 g/mol. The van der Waals surface area contributed by atoms with E-state index in [4.69, 9.17) is 22.5 Å². The zero-order valence-corrected chi connectivity index (χ0v) is 33.7. The molecule has 0 aliphatic heterocycles. The first-order valence-electron chi connectivity index (χ1n) is 19.5. The van der Waals surface area contributed by atoms with E-state index in [1.54, 1.807) is 24.3 Å². The average Bonchev–Trinajstić information content (AvgIpc) is 3.19. The van der Waals surface area contributed by atoms with Crippen molar-refractivity contribution in [2.45, 2.75) is 79.6 Å². The van der Waals surface area contributed by atoms with Gasteiger partial charge in [0.25, 0.3) is 0 Å². The summed E-state index contributed by atoms with van der Waals surface area (Å²) in [5, 5.41) is 7.09. The summed E-state index contributed by atoms with van der Waals surface area (Å²) in [6.45, 7) is 10.7. The van der Waals surface area contributed by atoms with E-state index in [9.17, 15) is 9.59 Å². The molecule has 0 saturated heterocycles. The van der Waals surface area contributed by atoms with Gasteiger partial charge in [0.15, 0.2) is 11.6 Å². The third-order valence-electron chi connectivity index (χ3n) is 8.54. The summed E-state index contributed by atoms with van der Waals surface area (Å²) in [6, 6.07) is 29.4. The molecule has 0 heterocycles. The number of hydrogen-bond acceptors (Lipinski definition) is 6. The Bertz CT molecular complexity index is 2000. The van der Waals surface area contributed by atoms with Crippen molar-refractivity contribution in [3.8, 4) is 0 Å². The smallest absolute Gasteiger partial charge is 0.185 e. The standard InChI is InChI=1S/C21H22N2O.C20H16N6O.2C3H8/c1-14-10-17(12-15-2-6-19(22)7-3-15)21(24)18(11-14)13-16-4-8-20(23)9-5-16;21-25-23-18-8-4-14(5-9-18)12-16-2-1-3-17(20(16)27)13-15-6-10-19(11-7-15)24-26-22;2*1-3-2/h2-9,12-14H,10-11,22-23H2,1H3;4-13H,1-3H2;2*3H2,1-2H3/b17-12+,18-13+;16-12+,17-13+;;. The Morgan fingerprint density at radius 2 is 0.825 bits per heavy atom. The van der Waals surface area contributed by atoms with E-state index in [0.29, 0.717) is 17.3 Å². The predicted molar refractivity (Wildman–Crippen MR) is 238 cm³/mol. The summed E-state index contributed by atoms with van der Waals surface area (Å²) in [7, 11) is 0. The van der Waals surface area contributed by atoms with Gasteiger partial charge in [0, 0.05) is 54.9 Å². The third kappa shape index (κ3) is 15.2. The molecule has 4 N–H and O–H groups in total. The molecule has 4 aromatic rings. The summed E-state index contributed by atoms with van der Waals surface area (Å²) < 4.78 is 0. The van der Waals surface area contributed by atoms with Crippen LogP contribution in [-0.2, 0) is 9.59 Å². The Balaban J connectivity index is 0.000000270. The Morgan fingerprint density at radius 3 is 1.14 bits per heavy atom. The molecule has 10 nitrogen and oxygen atoms in total. The van der Waals surface area contributed by atoms with Crippen LogP contribution in [0.15, 0.2) is 130 Å². The fourth-order valence-electron chi connectivity index (χ4n) is 6.01. The molecule has 0 unspecified atom stereocenters. The molecule has 294 valence electrons. The van der Waals surface area contributed by atoms with Gasteiger partial charge in [0.1, 0.15) is 0 Å². The molecule has 57 heavy (non-hydrogen) atoms. The Labute approximate surface area is 337 Å². The molecule has 0 spiro atoms. The number of nitrogens with two attached hydrogens (primary N) is 2. The van der Waals surface area contributed by atoms with E-state index >= 15 is 0 Å². The summed E-state index contributed by atoms with van der Waals surface area (Å²) in [6.07, 6.45) is 14.2. The van der Waals surface area contributed by atoms with Crippen LogP contribution in [0.5, 0.6) is 0 Å². The highest BCUT2D eigenvalue weighted by Crippen LogP contribution is 2.33. The first kappa shape index (κ1) is 44.8. The van der Waals surface area contributed by atoms with Crippen molar-refractivity contribution >= 4 is 58.6 Å². The van der Waals surface area contributed by atoms with Gasteiger partial charge in [-0.2, -0.15) is 0 Å². The van der Waals surface area contributed by atoms with Crippen molar-refractivity contribution in [3.63, 3.8) is 0 Å². The van der Waals surface area contributed by atoms with Gasteiger partial charge < -0.3 is 11.5 Å². The minimum absolute atomic E-state index is 0.0551. The maximum Gasteiger partial charge on any atom is 0.185 e. The fourth-order valence-corrected chi connectivity index (χ4v) is 6.01. The van der Waals surface area contributed by atoms with Crippen molar-refractivity contribution in [2.75, 3.05) is 11.5 Å². The second kappa shape index (κ2) is 24.0. The quantitative estimate of drug-likeness (QED) is 0.0651. The van der Waals surface area contributed by atoms with Gasteiger partial charge >= 0.3 is 0 Å². The number of Topliss-reactive ketones (excluding diaryl/α,β-unsaturated/α-hetero) is 2. The van der Waals surface area contributed by atoms with E-state index in [1.807, 2.05) is 97.1 Å². The van der Waals surface area contributed by atoms with Crippen LogP contribution in [0.3, 0.4) is 0 Å². The topological polar surface area (TPSA) is 184 Å². The van der Waals surface area contributed by atoms with Crippen LogP contribution in [0.4, 0.5) is 22.7 Å². The summed E-state index contributed by atoms with van der Waals surface area (Å²) in [4.78, 5) is 31.1. The zero-order valence-electron chi connectivity index (χ0n) is 33.7. The molecule has 0 radical (unpaired) electrons. The summed E-state index contributed by atoms with van der Waals surface area (Å²) in [5.41, 5.74) is 38.0. The number of allylic oxidation sites excluding steroid dienone is 4. The lowest BCUT2D eigenvalue weighted by Crippen LogP contribution is -2.18. The van der Waals surface area contributed by atoms with Crippen molar-refractivity contribution in [2.24, 2.45) is 16.1 Å². The molecule has 2 aliphatic rings. The number of hydrogen-bond donors (Lipinski definition) is 2. The third-order valence-corrected chi connectivity index (χ3v) is 8.54. The average molecular weight is 763 g/mol. The lowest BCUT2D eigenvalue weighted by Gasteiger charge is -2.22. The number of ketones is 2. The highest BCUT2D eigenvalue weighted by Gasteiger charge is 2.25. The maximum absolute atomic E-state index is 12.8. The largest absolute Gasteiger partial charge is 0.399 e. The van der Waals surface area contributed by atoms with E-state index in [1.165, 1.54) is 12.8 Å². The summed E-state index contributed by atoms with van der Waals surface area (Å²) in [5.74, 6) is 0.643. The molecule has 0 atom stereocenters. The lowest BCUT2D eigenvalue weighted by atomic mass is 9.81. The van der Waals surface area contributed by atoms with Gasteiger partial charge in [0.2, 0.25) is 0 Å². The molecule has 2 fully saturated rings. The molecular formula is C47H54N8O2. The predicted octanol–water partition coefficient (Wildman–Crippen LogP) is 13.9. The molecule has 2 aliphatic carbocycles. The molecule has 4 aromatic carbocycles. The van der Waals surface area contributed by atoms with Crippen molar-refractivity contribution in [1.82, 2.24) is 0 Å². The first-order valence-corrected chi connectivity index (χ1v) is 19.5. The fraction of sp³-hybridized carbons (Fsp3) is 0.277. The highest BCUT2D eigenvalue weighted by molar-refractivity contribution is 6.14. The maximum atomic E-state index is 12.8. The zero-order chi connectivity index (χ0) is 41.6. The number of benzene rings is 4. The van der Waals surface area contributed by atoms with Gasteiger partial charge in [-0.15, -0.1) is 0 Å². The van der Waals surface area contributed by atoms with Crippen LogP contribution in [0, 0.1) is 5.92 Å². The van der Waals surface area contributed by atoms with Gasteiger partial charge in [-0.05, 0) is 120 Å². The number of carbonyl (C=O) groups is 2. The Morgan fingerprint density at radius 1 is 0.544 bits per heavy atom. The second-order valence-corrected chi connectivity index (χ2v) is 14.0. The van der Waals surface area contributed by atoms with Crippen LogP contribution in [0.25, 0.3) is 45.2 Å². The minimum Gasteiger partial charge on any atom is -0.399 e. The number of rotatable bonds is 6. The van der Waals surface area contributed by atoms with Crippen molar-refractivity contribution in [3.05, 3.63) is 162 Å². The van der Waals surface area contributed by atoms with Gasteiger partial charge in [-0.3, -0.25) is 9.59 Å². The van der Waals surface area contributed by atoms with Crippen LogP contribution in [0.1, 0.15) is 102 Å². The lowest BCUT2D eigenvalue weighted by molar-refractivity contribution is -0.113. The molecule has 6 rings (SSSR count). The van der Waals surface area contributed by atoms with Gasteiger partial charge in [-0.1, -0.05) is 130 Å². The van der Waals surface area contributed by atoms with Crippen LogP contribution in [0.2, 0.25) is 0 Å². The van der Waals surface area contributed by atoms with Crippen molar-refractivity contribution in [1.29, 1.82) is 0 Å². The van der Waals surface area contributed by atoms with Crippen LogP contribution < -0.4 is 11.5 Å². The Kier molecular flexibility index (Phi) is 18.9. The van der Waals surface area contributed by atoms with Gasteiger partial charge in [-0.25, -0.2) is 0 Å². The van der Waals surface area contributed by atoms with E-state index in [-0.39, 0.29) is 11.6 Å². The molecule has 0 amide bonds. The second-order valence-electron chi connectivity index (χ2n) is 14.0. The molecule has 10 heteroatoms. The number of nitrogen functional groups attached to an aromatic ring is 2.